The first kappa shape index (κ1) is 21.7. The first-order chi connectivity index (χ1) is 14.1. The highest BCUT2D eigenvalue weighted by molar-refractivity contribution is 7.85. The van der Waals surface area contributed by atoms with Crippen LogP contribution in [0.4, 0.5) is 14.9 Å². The predicted octanol–water partition coefficient (Wildman–Crippen LogP) is 2.43. The highest BCUT2D eigenvalue weighted by atomic mass is 32.2. The summed E-state index contributed by atoms with van der Waals surface area (Å²) >= 11 is 0. The summed E-state index contributed by atoms with van der Waals surface area (Å²) in [6, 6.07) is 11.0. The van der Waals surface area contributed by atoms with Gasteiger partial charge in [0.2, 0.25) is 5.91 Å². The van der Waals surface area contributed by atoms with Crippen LogP contribution in [-0.2, 0) is 30.4 Å². The Morgan fingerprint density at radius 2 is 1.97 bits per heavy atom. The highest BCUT2D eigenvalue weighted by Gasteiger charge is 2.32. The van der Waals surface area contributed by atoms with Gasteiger partial charge in [0.25, 0.3) is 10.1 Å². The second-order valence-corrected chi connectivity index (χ2v) is 8.52. The summed E-state index contributed by atoms with van der Waals surface area (Å²) < 4.78 is 46.8. The van der Waals surface area contributed by atoms with Crippen molar-refractivity contribution in [3.63, 3.8) is 0 Å². The maximum atomic E-state index is 14.7. The molecule has 1 N–H and O–H groups in total. The number of benzene rings is 2. The summed E-state index contributed by atoms with van der Waals surface area (Å²) in [7, 11) is -3.54. The van der Waals surface area contributed by atoms with Gasteiger partial charge in [-0.3, -0.25) is 13.9 Å². The normalized spacial score (nSPS) is 16.4. The van der Waals surface area contributed by atoms with Crippen molar-refractivity contribution in [1.29, 1.82) is 0 Å². The number of anilines is 1. The first-order valence-electron chi connectivity index (χ1n) is 9.08. The van der Waals surface area contributed by atoms with Crippen LogP contribution in [0, 0.1) is 5.82 Å². The smallest absolute Gasteiger partial charge is 0.414 e. The fourth-order valence-corrected chi connectivity index (χ4v) is 3.31. The molecular weight excluding hydrogens is 415 g/mol. The van der Waals surface area contributed by atoms with Gasteiger partial charge in [-0.2, -0.15) is 8.42 Å². The van der Waals surface area contributed by atoms with E-state index in [1.54, 1.807) is 36.4 Å². The zero-order valence-corrected chi connectivity index (χ0v) is 17.2. The Balaban J connectivity index is 1.71. The third-order valence-corrected chi connectivity index (χ3v) is 4.97. The van der Waals surface area contributed by atoms with E-state index < -0.39 is 28.1 Å². The molecule has 1 aliphatic heterocycles. The molecule has 0 radical (unpaired) electrons. The van der Waals surface area contributed by atoms with Crippen LogP contribution in [0.5, 0.6) is 0 Å². The number of carbonyl (C=O) groups excluding carboxylic acids is 2. The van der Waals surface area contributed by atoms with Crippen molar-refractivity contribution in [3.05, 3.63) is 53.8 Å². The van der Waals surface area contributed by atoms with Crippen LogP contribution < -0.4 is 10.2 Å². The standard InChI is InChI=1S/C20H21FN2O6S/c1-13(24)22-10-17-11-23(20(25)29-17)16-7-8-18(19(21)9-16)15-5-3-14(4-6-15)12-28-30(2,26)27/h3-9,17H,10-12H2,1-2H3,(H,22,24). The molecule has 1 fully saturated rings. The molecular formula is C20H21FN2O6S. The molecule has 2 amide bonds. The van der Waals surface area contributed by atoms with Gasteiger partial charge in [-0.15, -0.1) is 0 Å². The van der Waals surface area contributed by atoms with Crippen molar-refractivity contribution in [2.24, 2.45) is 0 Å². The summed E-state index contributed by atoms with van der Waals surface area (Å²) in [5.41, 5.74) is 1.90. The van der Waals surface area contributed by atoms with Gasteiger partial charge < -0.3 is 10.1 Å². The quantitative estimate of drug-likeness (QED) is 0.669. The fraction of sp³-hybridized carbons (Fsp3) is 0.300. The Kier molecular flexibility index (Phi) is 6.37. The third-order valence-electron chi connectivity index (χ3n) is 4.42. The molecule has 0 spiro atoms. The lowest BCUT2D eigenvalue weighted by Gasteiger charge is -2.14. The number of amides is 2. The van der Waals surface area contributed by atoms with Gasteiger partial charge in [-0.1, -0.05) is 24.3 Å². The SMILES string of the molecule is CC(=O)NCC1CN(c2ccc(-c3ccc(COS(C)(=O)=O)cc3)c(F)c2)C(=O)O1. The monoisotopic (exact) mass is 436 g/mol. The minimum absolute atomic E-state index is 0.0999. The van der Waals surface area contributed by atoms with Gasteiger partial charge in [-0.05, 0) is 29.3 Å². The maximum absolute atomic E-state index is 14.7. The van der Waals surface area contributed by atoms with Gasteiger partial charge in [0.15, 0.2) is 0 Å². The van der Waals surface area contributed by atoms with E-state index in [1.807, 2.05) is 0 Å². The number of nitrogens with one attached hydrogen (secondary N) is 1. The molecule has 1 aliphatic rings. The predicted molar refractivity (Wildman–Crippen MR) is 108 cm³/mol. The van der Waals surface area contributed by atoms with Crippen LogP contribution in [0.1, 0.15) is 12.5 Å². The highest BCUT2D eigenvalue weighted by Crippen LogP contribution is 2.29. The first-order valence-corrected chi connectivity index (χ1v) is 10.9. The van der Waals surface area contributed by atoms with E-state index >= 15 is 0 Å². The number of hydrogen-bond donors (Lipinski definition) is 1. The second-order valence-electron chi connectivity index (χ2n) is 6.88. The molecule has 10 heteroatoms. The minimum Gasteiger partial charge on any atom is -0.442 e. The van der Waals surface area contributed by atoms with E-state index in [4.69, 9.17) is 8.92 Å². The molecule has 8 nitrogen and oxygen atoms in total. The molecule has 2 aromatic rings. The van der Waals surface area contributed by atoms with Gasteiger partial charge >= 0.3 is 6.09 Å². The topological polar surface area (TPSA) is 102 Å². The van der Waals surface area contributed by atoms with Crippen molar-refractivity contribution in [1.82, 2.24) is 5.32 Å². The second kappa shape index (κ2) is 8.80. The largest absolute Gasteiger partial charge is 0.442 e. The van der Waals surface area contributed by atoms with Crippen LogP contribution >= 0.6 is 0 Å². The summed E-state index contributed by atoms with van der Waals surface area (Å²) in [5, 5.41) is 2.58. The van der Waals surface area contributed by atoms with E-state index in [9.17, 15) is 22.4 Å². The van der Waals surface area contributed by atoms with Crippen LogP contribution in [0.2, 0.25) is 0 Å². The van der Waals surface area contributed by atoms with Crippen LogP contribution in [-0.4, -0.2) is 45.9 Å². The van der Waals surface area contributed by atoms with Crippen molar-refractivity contribution < 1.29 is 31.3 Å². The molecule has 1 atom stereocenters. The number of ether oxygens (including phenoxy) is 1. The van der Waals surface area contributed by atoms with E-state index in [0.29, 0.717) is 22.4 Å². The number of cyclic esters (lactones) is 1. The average molecular weight is 436 g/mol. The van der Waals surface area contributed by atoms with Crippen molar-refractivity contribution >= 4 is 27.8 Å². The maximum Gasteiger partial charge on any atom is 0.414 e. The van der Waals surface area contributed by atoms with E-state index in [2.05, 4.69) is 5.32 Å². The lowest BCUT2D eigenvalue weighted by atomic mass is 10.0. The van der Waals surface area contributed by atoms with E-state index in [-0.39, 0.29) is 25.6 Å². The zero-order valence-electron chi connectivity index (χ0n) is 16.4. The Morgan fingerprint density at radius 3 is 2.57 bits per heavy atom. The molecule has 0 bridgehead atoms. The van der Waals surface area contributed by atoms with E-state index in [0.717, 1.165) is 6.26 Å². The fourth-order valence-electron chi connectivity index (χ4n) is 2.96. The number of nitrogens with zero attached hydrogens (tertiary/aromatic N) is 1. The molecule has 0 aliphatic carbocycles. The number of halogens is 1. The Bertz CT molecular complexity index is 1060. The molecule has 1 unspecified atom stereocenters. The summed E-state index contributed by atoms with van der Waals surface area (Å²) in [5.74, 6) is -0.750. The third kappa shape index (κ3) is 5.55. The molecule has 1 heterocycles. The molecule has 0 aromatic heterocycles. The summed E-state index contributed by atoms with van der Waals surface area (Å²) in [6.45, 7) is 1.66. The van der Waals surface area contributed by atoms with Crippen LogP contribution in [0.25, 0.3) is 11.1 Å². The van der Waals surface area contributed by atoms with Crippen molar-refractivity contribution in [3.8, 4) is 11.1 Å². The summed E-state index contributed by atoms with van der Waals surface area (Å²) in [6.07, 6.45) is -0.144. The number of rotatable bonds is 7. The lowest BCUT2D eigenvalue weighted by Crippen LogP contribution is -2.33. The van der Waals surface area contributed by atoms with E-state index in [1.165, 1.54) is 17.9 Å². The summed E-state index contributed by atoms with van der Waals surface area (Å²) in [4.78, 5) is 24.4. The molecule has 2 aromatic carbocycles. The average Bonchev–Trinajstić information content (AvgIpc) is 3.05. The Hall–Kier alpha value is -2.98. The zero-order chi connectivity index (χ0) is 21.9. The Labute approximate surface area is 173 Å². The van der Waals surface area contributed by atoms with Crippen LogP contribution in [0.3, 0.4) is 0 Å². The number of carbonyl (C=O) groups is 2. The minimum atomic E-state index is -3.54. The van der Waals surface area contributed by atoms with Gasteiger partial charge in [0.05, 0.1) is 31.6 Å². The van der Waals surface area contributed by atoms with Gasteiger partial charge in [-0.25, -0.2) is 9.18 Å². The van der Waals surface area contributed by atoms with Gasteiger partial charge in [0.1, 0.15) is 11.9 Å². The van der Waals surface area contributed by atoms with Crippen molar-refractivity contribution in [2.75, 3.05) is 24.2 Å². The molecule has 0 saturated carbocycles. The molecule has 1 saturated heterocycles. The Morgan fingerprint density at radius 1 is 1.27 bits per heavy atom. The molecule has 3 rings (SSSR count). The van der Waals surface area contributed by atoms with Crippen LogP contribution in [0.15, 0.2) is 42.5 Å². The van der Waals surface area contributed by atoms with Gasteiger partial charge in [0, 0.05) is 12.5 Å². The molecule has 30 heavy (non-hydrogen) atoms. The number of hydrogen-bond acceptors (Lipinski definition) is 6. The lowest BCUT2D eigenvalue weighted by molar-refractivity contribution is -0.119. The molecule has 160 valence electrons. The van der Waals surface area contributed by atoms with Crippen molar-refractivity contribution in [2.45, 2.75) is 19.6 Å².